The summed E-state index contributed by atoms with van der Waals surface area (Å²) in [5.74, 6) is -5.28. The van der Waals surface area contributed by atoms with E-state index in [1.54, 1.807) is 20.8 Å². The molecule has 1 saturated heterocycles. The maximum absolute atomic E-state index is 14.3. The summed E-state index contributed by atoms with van der Waals surface area (Å²) in [6, 6.07) is -0.817. The van der Waals surface area contributed by atoms with Gasteiger partial charge in [-0.25, -0.2) is 23.0 Å². The Bertz CT molecular complexity index is 1050. The van der Waals surface area contributed by atoms with E-state index in [1.807, 2.05) is 0 Å². The first-order valence-electron chi connectivity index (χ1n) is 11.0. The molecule has 2 unspecified atom stereocenters. The van der Waals surface area contributed by atoms with E-state index >= 15 is 0 Å². The van der Waals surface area contributed by atoms with Crippen LogP contribution in [0, 0.1) is 17.5 Å². The largest absolute Gasteiger partial charge is 0.449 e. The van der Waals surface area contributed by atoms with Gasteiger partial charge in [-0.2, -0.15) is 13.2 Å². The molecule has 1 aromatic rings. The second-order valence-electron chi connectivity index (χ2n) is 9.53. The van der Waals surface area contributed by atoms with Gasteiger partial charge in [0.1, 0.15) is 16.4 Å². The van der Waals surface area contributed by atoms with Crippen LogP contribution in [0.25, 0.3) is 0 Å². The van der Waals surface area contributed by atoms with Crippen LogP contribution in [0.3, 0.4) is 0 Å². The molecule has 0 spiro atoms. The molecular formula is C22H25BrF6N4O3. The number of piperazine rings is 1. The van der Waals surface area contributed by atoms with Crippen LogP contribution >= 0.6 is 15.9 Å². The summed E-state index contributed by atoms with van der Waals surface area (Å²) in [6.07, 6.45) is -6.29. The van der Waals surface area contributed by atoms with Crippen LogP contribution in [0.2, 0.25) is 0 Å². The number of benzene rings is 1. The number of rotatable bonds is 5. The van der Waals surface area contributed by atoms with Crippen LogP contribution in [-0.2, 0) is 16.0 Å². The number of nitrogens with zero attached hydrogens (tertiary/aromatic N) is 3. The molecule has 36 heavy (non-hydrogen) atoms. The van der Waals surface area contributed by atoms with Crippen LogP contribution in [0.4, 0.5) is 31.1 Å². The summed E-state index contributed by atoms with van der Waals surface area (Å²) in [7, 11) is 0. The third-order valence-corrected chi connectivity index (χ3v) is 6.37. The predicted octanol–water partition coefficient (Wildman–Crippen LogP) is 4.14. The average molecular weight is 587 g/mol. The van der Waals surface area contributed by atoms with E-state index in [2.05, 4.69) is 26.2 Å². The maximum Gasteiger partial charge on any atom is 0.449 e. The van der Waals surface area contributed by atoms with Crippen molar-refractivity contribution in [3.05, 3.63) is 35.1 Å². The van der Waals surface area contributed by atoms with E-state index in [-0.39, 0.29) is 38.0 Å². The molecule has 3 rings (SSSR count). The van der Waals surface area contributed by atoms with Crippen LogP contribution in [0.15, 0.2) is 17.1 Å². The lowest BCUT2D eigenvalue weighted by molar-refractivity contribution is -0.134. The highest BCUT2D eigenvalue weighted by Gasteiger charge is 2.50. The number of ether oxygens (including phenoxy) is 1. The fraction of sp³-hybridized carbons (Fsp3) is 0.591. The minimum absolute atomic E-state index is 0.0388. The van der Waals surface area contributed by atoms with Crippen molar-refractivity contribution in [2.75, 3.05) is 19.6 Å². The number of alkyl carbamates (subject to hydrolysis) is 1. The van der Waals surface area contributed by atoms with Gasteiger partial charge in [0.25, 0.3) is 0 Å². The monoisotopic (exact) mass is 586 g/mol. The summed E-state index contributed by atoms with van der Waals surface area (Å²) >= 11 is 3.12. The molecule has 3 atom stereocenters. The minimum Gasteiger partial charge on any atom is -0.444 e. The molecule has 1 N–H and O–H groups in total. The Balaban J connectivity index is 1.73. The molecule has 0 aromatic heterocycles. The zero-order chi connectivity index (χ0) is 27.0. The Morgan fingerprint density at radius 3 is 2.39 bits per heavy atom. The van der Waals surface area contributed by atoms with E-state index in [0.717, 1.165) is 4.90 Å². The van der Waals surface area contributed by atoms with Crippen molar-refractivity contribution in [2.24, 2.45) is 4.99 Å². The highest BCUT2D eigenvalue weighted by molar-refractivity contribution is 9.09. The molecule has 7 nitrogen and oxygen atoms in total. The molecule has 2 amide bonds. The number of aliphatic imine (C=N–C) groups is 1. The van der Waals surface area contributed by atoms with Gasteiger partial charge < -0.3 is 19.9 Å². The highest BCUT2D eigenvalue weighted by Crippen LogP contribution is 2.33. The van der Waals surface area contributed by atoms with Crippen molar-refractivity contribution in [3.8, 4) is 0 Å². The Hall–Kier alpha value is -2.51. The topological polar surface area (TPSA) is 74.2 Å². The first-order chi connectivity index (χ1) is 16.5. The van der Waals surface area contributed by atoms with Gasteiger partial charge in [-0.15, -0.1) is 0 Å². The van der Waals surface area contributed by atoms with Crippen molar-refractivity contribution in [2.45, 2.75) is 62.4 Å². The number of amides is 2. The van der Waals surface area contributed by atoms with Gasteiger partial charge in [0.15, 0.2) is 11.6 Å². The van der Waals surface area contributed by atoms with Crippen LogP contribution in [-0.4, -0.2) is 76.1 Å². The Labute approximate surface area is 212 Å². The molecule has 1 fully saturated rings. The Morgan fingerprint density at radius 2 is 1.78 bits per heavy atom. The van der Waals surface area contributed by atoms with Crippen LogP contribution in [0.5, 0.6) is 0 Å². The molecule has 2 aliphatic rings. The van der Waals surface area contributed by atoms with Gasteiger partial charge in [-0.1, -0.05) is 15.9 Å². The molecule has 0 radical (unpaired) electrons. The lowest BCUT2D eigenvalue weighted by Gasteiger charge is -2.40. The van der Waals surface area contributed by atoms with Gasteiger partial charge in [-0.3, -0.25) is 4.79 Å². The highest BCUT2D eigenvalue weighted by atomic mass is 79.9. The quantitative estimate of drug-likeness (QED) is 0.244. The Morgan fingerprint density at radius 1 is 1.14 bits per heavy atom. The molecule has 2 heterocycles. The maximum atomic E-state index is 14.3. The number of carbonyl (C=O) groups is 2. The minimum atomic E-state index is -4.64. The van der Waals surface area contributed by atoms with E-state index in [4.69, 9.17) is 4.74 Å². The second-order valence-corrected chi connectivity index (χ2v) is 10.5. The van der Waals surface area contributed by atoms with Crippen LogP contribution < -0.4 is 5.32 Å². The second kappa shape index (κ2) is 10.5. The van der Waals surface area contributed by atoms with Crippen molar-refractivity contribution >= 4 is 33.8 Å². The predicted molar refractivity (Wildman–Crippen MR) is 121 cm³/mol. The van der Waals surface area contributed by atoms with Gasteiger partial charge in [0.05, 0.1) is 6.04 Å². The van der Waals surface area contributed by atoms with Crippen molar-refractivity contribution < 1.29 is 40.7 Å². The van der Waals surface area contributed by atoms with E-state index in [0.29, 0.717) is 12.1 Å². The van der Waals surface area contributed by atoms with Gasteiger partial charge in [0.2, 0.25) is 11.7 Å². The molecule has 14 heteroatoms. The lowest BCUT2D eigenvalue weighted by atomic mass is 10.0. The fourth-order valence-corrected chi connectivity index (χ4v) is 4.67. The fourth-order valence-electron chi connectivity index (χ4n) is 4.02. The Kier molecular flexibility index (Phi) is 8.16. The lowest BCUT2D eigenvalue weighted by Crippen LogP contribution is -2.58. The van der Waals surface area contributed by atoms with Crippen molar-refractivity contribution in [3.63, 3.8) is 0 Å². The smallest absolute Gasteiger partial charge is 0.444 e. The van der Waals surface area contributed by atoms with Crippen molar-refractivity contribution in [1.82, 2.24) is 15.1 Å². The average Bonchev–Trinajstić information content (AvgIpc) is 3.07. The molecule has 0 bridgehead atoms. The van der Waals surface area contributed by atoms with Crippen molar-refractivity contribution in [1.29, 1.82) is 0 Å². The zero-order valence-electron chi connectivity index (χ0n) is 19.6. The SMILES string of the molecule is CC(C)(C)OC(=O)N[C@@H](CC(=O)N1CCN2C(C(F)(F)F)=NC(Br)C2C1)Cc1cc(F)c(F)cc1F. The molecule has 1 aromatic carbocycles. The number of amidine groups is 1. The van der Waals surface area contributed by atoms with Gasteiger partial charge in [0, 0.05) is 38.2 Å². The first kappa shape index (κ1) is 28.1. The number of fused-ring (bicyclic) bond motifs is 1. The van der Waals surface area contributed by atoms with E-state index in [1.165, 1.54) is 4.90 Å². The van der Waals surface area contributed by atoms with Gasteiger partial charge >= 0.3 is 12.3 Å². The zero-order valence-corrected chi connectivity index (χ0v) is 21.2. The van der Waals surface area contributed by atoms with Crippen LogP contribution in [0.1, 0.15) is 32.8 Å². The molecule has 200 valence electrons. The summed E-state index contributed by atoms with van der Waals surface area (Å²) in [5, 5.41) is 2.45. The summed E-state index contributed by atoms with van der Waals surface area (Å²) in [5.41, 5.74) is -1.15. The molecular weight excluding hydrogens is 562 g/mol. The summed E-state index contributed by atoms with van der Waals surface area (Å²) in [6.45, 7) is 4.60. The number of alkyl halides is 4. The first-order valence-corrected chi connectivity index (χ1v) is 11.9. The third kappa shape index (κ3) is 6.83. The standard InChI is InChI=1S/C22H25BrF6N4O3/c1-21(2,3)36-20(35)30-12(6-11-7-14(25)15(26)9-13(11)24)8-17(34)32-4-5-33-16(10-32)18(23)31-19(33)22(27,28)29/h7,9,12,16,18H,4-6,8,10H2,1-3H3,(H,30,35)/t12-,16?,18?/m1/s1. The summed E-state index contributed by atoms with van der Waals surface area (Å²) < 4.78 is 86.2. The molecule has 0 aliphatic carbocycles. The number of hydrogen-bond donors (Lipinski definition) is 1. The number of halogens is 7. The number of hydrogen-bond acceptors (Lipinski definition) is 5. The van der Waals surface area contributed by atoms with E-state index in [9.17, 15) is 35.9 Å². The molecule has 0 saturated carbocycles. The number of nitrogens with one attached hydrogen (secondary N) is 1. The normalized spacial score (nSPS) is 21.1. The van der Waals surface area contributed by atoms with Gasteiger partial charge in [-0.05, 0) is 38.8 Å². The van der Waals surface area contributed by atoms with E-state index < -0.39 is 64.1 Å². The number of carbonyl (C=O) groups excluding carboxylic acids is 2. The molecule has 2 aliphatic heterocycles. The summed E-state index contributed by atoms with van der Waals surface area (Å²) in [4.78, 5) is 30.6. The third-order valence-electron chi connectivity index (χ3n) is 5.56.